The van der Waals surface area contributed by atoms with Crippen molar-refractivity contribution < 1.29 is 4.74 Å². The molecule has 1 atom stereocenters. The molecule has 0 bridgehead atoms. The van der Waals surface area contributed by atoms with Gasteiger partial charge in [-0.3, -0.25) is 0 Å². The predicted octanol–water partition coefficient (Wildman–Crippen LogP) is 1.58. The molecule has 80 valence electrons. The fourth-order valence-corrected chi connectivity index (χ4v) is 1.23. The van der Waals surface area contributed by atoms with E-state index in [-0.39, 0.29) is 12.0 Å². The van der Waals surface area contributed by atoms with E-state index in [1.807, 2.05) is 13.8 Å². The lowest BCUT2D eigenvalue weighted by atomic mass is 10.1. The lowest BCUT2D eigenvalue weighted by Crippen LogP contribution is -2.13. The van der Waals surface area contributed by atoms with Crippen LogP contribution in [0, 0.1) is 12.3 Å². The first-order valence-electron chi connectivity index (χ1n) is 4.79. The third-order valence-corrected chi connectivity index (χ3v) is 1.98. The molecule has 1 aromatic rings. The van der Waals surface area contributed by atoms with Crippen molar-refractivity contribution >= 4 is 5.82 Å². The third-order valence-electron chi connectivity index (χ3n) is 1.98. The molecule has 0 amide bonds. The predicted molar refractivity (Wildman–Crippen MR) is 59.5 cm³/mol. The number of terminal acetylenes is 1. The van der Waals surface area contributed by atoms with Crippen LogP contribution in [0.5, 0.6) is 5.88 Å². The molecule has 0 aromatic carbocycles. The van der Waals surface area contributed by atoms with Crippen molar-refractivity contribution in [3.8, 4) is 18.2 Å². The normalized spacial score (nSPS) is 12.2. The minimum Gasteiger partial charge on any atom is -0.461 e. The van der Waals surface area contributed by atoms with Crippen molar-refractivity contribution in [3.63, 3.8) is 0 Å². The van der Waals surface area contributed by atoms with E-state index in [4.69, 9.17) is 16.9 Å². The molecule has 1 rings (SSSR count). The molecule has 1 aromatic heterocycles. The lowest BCUT2D eigenvalue weighted by Gasteiger charge is -2.15. The molecule has 0 radical (unpaired) electrons. The van der Waals surface area contributed by atoms with Gasteiger partial charge in [0.15, 0.2) is 6.10 Å². The molecule has 0 fully saturated rings. The fraction of sp³-hybridized carbons (Fsp3) is 0.455. The average molecular weight is 205 g/mol. The van der Waals surface area contributed by atoms with E-state index >= 15 is 0 Å². The van der Waals surface area contributed by atoms with E-state index in [2.05, 4.69) is 15.9 Å². The van der Waals surface area contributed by atoms with E-state index < -0.39 is 0 Å². The highest BCUT2D eigenvalue weighted by molar-refractivity contribution is 5.46. The van der Waals surface area contributed by atoms with E-state index in [0.29, 0.717) is 11.7 Å². The number of hydrogen-bond donors (Lipinski definition) is 1. The molecule has 2 N–H and O–H groups in total. The van der Waals surface area contributed by atoms with E-state index in [1.165, 1.54) is 6.33 Å². The molecule has 0 saturated carbocycles. The second kappa shape index (κ2) is 4.65. The van der Waals surface area contributed by atoms with Crippen LogP contribution in [0.1, 0.15) is 32.3 Å². The van der Waals surface area contributed by atoms with Crippen molar-refractivity contribution in [1.29, 1.82) is 0 Å². The van der Waals surface area contributed by atoms with E-state index in [9.17, 15) is 0 Å². The van der Waals surface area contributed by atoms with Gasteiger partial charge in [-0.25, -0.2) is 9.97 Å². The van der Waals surface area contributed by atoms with Crippen LogP contribution < -0.4 is 10.5 Å². The van der Waals surface area contributed by atoms with Gasteiger partial charge in [-0.1, -0.05) is 19.8 Å². The number of hydrogen-bond acceptors (Lipinski definition) is 4. The molecule has 0 saturated heterocycles. The Morgan fingerprint density at radius 1 is 1.40 bits per heavy atom. The summed E-state index contributed by atoms with van der Waals surface area (Å²) in [6.45, 7) is 5.79. The van der Waals surface area contributed by atoms with Crippen LogP contribution in [0.15, 0.2) is 6.33 Å². The highest BCUT2D eigenvalue weighted by Gasteiger charge is 2.15. The first-order valence-corrected chi connectivity index (χ1v) is 4.79. The third kappa shape index (κ3) is 2.59. The maximum absolute atomic E-state index is 5.76. The number of nitrogen functional groups attached to an aromatic ring is 1. The Morgan fingerprint density at radius 2 is 2.07 bits per heavy atom. The highest BCUT2D eigenvalue weighted by Crippen LogP contribution is 2.28. The summed E-state index contributed by atoms with van der Waals surface area (Å²) in [4.78, 5) is 7.97. The minimum absolute atomic E-state index is 0.200. The fourth-order valence-electron chi connectivity index (χ4n) is 1.23. The van der Waals surface area contributed by atoms with Gasteiger partial charge in [-0.15, -0.1) is 6.42 Å². The van der Waals surface area contributed by atoms with Crippen LogP contribution in [0.25, 0.3) is 0 Å². The monoisotopic (exact) mass is 205 g/mol. The van der Waals surface area contributed by atoms with Gasteiger partial charge >= 0.3 is 0 Å². The number of ether oxygens (including phenoxy) is 1. The molecule has 0 aliphatic heterocycles. The largest absolute Gasteiger partial charge is 0.461 e. The zero-order valence-electron chi connectivity index (χ0n) is 9.19. The Labute approximate surface area is 89.9 Å². The zero-order valence-corrected chi connectivity index (χ0v) is 9.19. The van der Waals surface area contributed by atoms with Crippen LogP contribution in [0.3, 0.4) is 0 Å². The summed E-state index contributed by atoms with van der Waals surface area (Å²) in [6.07, 6.45) is 6.29. The Morgan fingerprint density at radius 3 is 2.60 bits per heavy atom. The van der Waals surface area contributed by atoms with Gasteiger partial charge in [-0.05, 0) is 12.8 Å². The average Bonchev–Trinajstić information content (AvgIpc) is 2.17. The Bertz CT molecular complexity index is 382. The van der Waals surface area contributed by atoms with Crippen LogP contribution in [-0.2, 0) is 0 Å². The first kappa shape index (κ1) is 11.3. The maximum atomic E-state index is 5.76. The summed E-state index contributed by atoms with van der Waals surface area (Å²) in [5.41, 5.74) is 6.56. The topological polar surface area (TPSA) is 61.0 Å². The summed E-state index contributed by atoms with van der Waals surface area (Å²) in [7, 11) is 0. The second-order valence-corrected chi connectivity index (χ2v) is 3.56. The summed E-state index contributed by atoms with van der Waals surface area (Å²) < 4.78 is 5.47. The van der Waals surface area contributed by atoms with Crippen molar-refractivity contribution in [3.05, 3.63) is 11.9 Å². The van der Waals surface area contributed by atoms with E-state index in [1.54, 1.807) is 6.92 Å². The van der Waals surface area contributed by atoms with Gasteiger partial charge in [0.25, 0.3) is 0 Å². The van der Waals surface area contributed by atoms with Gasteiger partial charge in [0.2, 0.25) is 5.88 Å². The zero-order chi connectivity index (χ0) is 11.4. The Balaban J connectivity index is 3.07. The van der Waals surface area contributed by atoms with Gasteiger partial charge in [0.1, 0.15) is 12.1 Å². The van der Waals surface area contributed by atoms with Crippen LogP contribution in [0.2, 0.25) is 0 Å². The number of anilines is 1. The molecular formula is C11H15N3O. The molecule has 0 aliphatic rings. The molecule has 0 aliphatic carbocycles. The summed E-state index contributed by atoms with van der Waals surface area (Å²) in [5, 5.41) is 0. The van der Waals surface area contributed by atoms with Crippen LogP contribution in [0.4, 0.5) is 5.82 Å². The summed E-state index contributed by atoms with van der Waals surface area (Å²) in [5.74, 6) is 3.59. The standard InChI is InChI=1S/C11H15N3O/c1-5-8(4)15-11-9(7(2)3)10(12)13-6-14-11/h1,6-8H,2-4H3,(H2,12,13,14). The summed E-state index contributed by atoms with van der Waals surface area (Å²) >= 11 is 0. The molecule has 0 spiro atoms. The van der Waals surface area contributed by atoms with Crippen molar-refractivity contribution in [2.24, 2.45) is 0 Å². The smallest absolute Gasteiger partial charge is 0.223 e. The first-order chi connectivity index (χ1) is 7.06. The SMILES string of the molecule is C#CC(C)Oc1ncnc(N)c1C(C)C. The maximum Gasteiger partial charge on any atom is 0.223 e. The van der Waals surface area contributed by atoms with Gasteiger partial charge < -0.3 is 10.5 Å². The number of rotatable bonds is 3. The van der Waals surface area contributed by atoms with Crippen molar-refractivity contribution in [2.45, 2.75) is 32.8 Å². The highest BCUT2D eigenvalue weighted by atomic mass is 16.5. The van der Waals surface area contributed by atoms with Gasteiger partial charge in [-0.2, -0.15) is 0 Å². The van der Waals surface area contributed by atoms with Crippen molar-refractivity contribution in [2.75, 3.05) is 5.73 Å². The molecule has 4 heteroatoms. The number of nitrogens with zero attached hydrogens (tertiary/aromatic N) is 2. The lowest BCUT2D eigenvalue weighted by molar-refractivity contribution is 0.263. The Hall–Kier alpha value is -1.76. The quantitative estimate of drug-likeness (QED) is 0.761. The van der Waals surface area contributed by atoms with Crippen molar-refractivity contribution in [1.82, 2.24) is 9.97 Å². The molecular weight excluding hydrogens is 190 g/mol. The minimum atomic E-state index is -0.322. The van der Waals surface area contributed by atoms with E-state index in [0.717, 1.165) is 5.56 Å². The van der Waals surface area contributed by atoms with Crippen LogP contribution in [-0.4, -0.2) is 16.1 Å². The Kier molecular flexibility index (Phi) is 3.51. The number of nitrogens with two attached hydrogens (primary N) is 1. The van der Waals surface area contributed by atoms with Gasteiger partial charge in [0.05, 0.1) is 5.56 Å². The second-order valence-electron chi connectivity index (χ2n) is 3.56. The van der Waals surface area contributed by atoms with Gasteiger partial charge in [0, 0.05) is 0 Å². The van der Waals surface area contributed by atoms with Crippen LogP contribution >= 0.6 is 0 Å². The molecule has 1 unspecified atom stereocenters. The molecule has 1 heterocycles. The molecule has 4 nitrogen and oxygen atoms in total. The summed E-state index contributed by atoms with van der Waals surface area (Å²) in [6, 6.07) is 0. The molecule has 15 heavy (non-hydrogen) atoms. The number of aromatic nitrogens is 2.